The summed E-state index contributed by atoms with van der Waals surface area (Å²) >= 11 is 0. The Kier molecular flexibility index (Phi) is 10.7. The quantitative estimate of drug-likeness (QED) is 0.0550. The third-order valence-electron chi connectivity index (χ3n) is 8.44. The van der Waals surface area contributed by atoms with Gasteiger partial charge in [0.15, 0.2) is 5.78 Å². The largest absolute Gasteiger partial charge is 0.416 e. The number of nitrogens with two attached hydrogens (primary N) is 2. The van der Waals surface area contributed by atoms with Crippen LogP contribution >= 0.6 is 0 Å². The van der Waals surface area contributed by atoms with E-state index in [4.69, 9.17) is 11.5 Å². The molecular formula is C37H39F3N6O2. The lowest BCUT2D eigenvalue weighted by molar-refractivity contribution is -0.138. The summed E-state index contributed by atoms with van der Waals surface area (Å²) in [5.74, 6) is -1.34. The third kappa shape index (κ3) is 8.74. The molecule has 1 aromatic heterocycles. The molecule has 0 saturated carbocycles. The van der Waals surface area contributed by atoms with Crippen LogP contribution in [0.1, 0.15) is 64.2 Å². The van der Waals surface area contributed by atoms with E-state index in [9.17, 15) is 22.8 Å². The number of Topliss-reactive ketones (excluding diaryl/α,β-unsaturated/α-hetero) is 1. The second kappa shape index (κ2) is 14.9. The average Bonchev–Trinajstić information content (AvgIpc) is 3.58. The second-order valence-corrected chi connectivity index (χ2v) is 12.2. The Morgan fingerprint density at radius 3 is 2.33 bits per heavy atom. The first-order valence-electron chi connectivity index (χ1n) is 15.7. The van der Waals surface area contributed by atoms with E-state index in [1.54, 1.807) is 36.7 Å². The number of aromatic amines is 1. The maximum Gasteiger partial charge on any atom is 0.416 e. The van der Waals surface area contributed by atoms with Gasteiger partial charge in [0.2, 0.25) is 5.91 Å². The number of carbonyl (C=O) groups excluding carboxylic acids is 2. The third-order valence-corrected chi connectivity index (χ3v) is 8.44. The first-order valence-corrected chi connectivity index (χ1v) is 15.7. The van der Waals surface area contributed by atoms with Crippen molar-refractivity contribution >= 4 is 22.5 Å². The highest BCUT2D eigenvalue weighted by atomic mass is 19.4. The topological polar surface area (TPSA) is 139 Å². The Balaban J connectivity index is 1.34. The highest BCUT2D eigenvalue weighted by Gasteiger charge is 2.36. The van der Waals surface area contributed by atoms with Crippen LogP contribution in [-0.4, -0.2) is 27.3 Å². The normalized spacial score (nSPS) is 13.3. The summed E-state index contributed by atoms with van der Waals surface area (Å²) in [4.78, 5) is 35.0. The van der Waals surface area contributed by atoms with Crippen LogP contribution in [0.4, 0.5) is 13.2 Å². The zero-order valence-corrected chi connectivity index (χ0v) is 26.6. The van der Waals surface area contributed by atoms with Crippen LogP contribution in [0, 0.1) is 5.92 Å². The summed E-state index contributed by atoms with van der Waals surface area (Å²) in [7, 11) is 0. The summed E-state index contributed by atoms with van der Waals surface area (Å²) in [6.45, 7) is 2.91. The van der Waals surface area contributed by atoms with Crippen molar-refractivity contribution in [3.63, 3.8) is 0 Å². The van der Waals surface area contributed by atoms with Gasteiger partial charge in [0.25, 0.3) is 0 Å². The van der Waals surface area contributed by atoms with Crippen molar-refractivity contribution in [1.29, 1.82) is 0 Å². The van der Waals surface area contributed by atoms with Crippen molar-refractivity contribution in [2.24, 2.45) is 17.4 Å². The molecule has 0 fully saturated rings. The van der Waals surface area contributed by atoms with Crippen LogP contribution < -0.4 is 22.1 Å². The van der Waals surface area contributed by atoms with Gasteiger partial charge < -0.3 is 27.1 Å². The van der Waals surface area contributed by atoms with E-state index in [1.807, 2.05) is 49.4 Å². The van der Waals surface area contributed by atoms with Crippen LogP contribution in [0.15, 0.2) is 103 Å². The number of H-pyrrole nitrogens is 1. The van der Waals surface area contributed by atoms with Gasteiger partial charge in [-0.25, -0.2) is 4.98 Å². The van der Waals surface area contributed by atoms with Gasteiger partial charge in [0, 0.05) is 30.9 Å². The second-order valence-electron chi connectivity index (χ2n) is 12.2. The molecule has 5 rings (SSSR count). The van der Waals surface area contributed by atoms with Crippen molar-refractivity contribution in [2.75, 3.05) is 0 Å². The number of fused-ring (bicyclic) bond motifs is 1. The van der Waals surface area contributed by atoms with Gasteiger partial charge in [-0.2, -0.15) is 13.2 Å². The predicted octanol–water partition coefficient (Wildman–Crippen LogP) is 6.18. The maximum atomic E-state index is 13.9. The summed E-state index contributed by atoms with van der Waals surface area (Å²) < 4.78 is 41.0. The molecule has 8 nitrogen and oxygen atoms in total. The van der Waals surface area contributed by atoms with E-state index in [1.165, 1.54) is 18.2 Å². The molecule has 250 valence electrons. The fourth-order valence-corrected chi connectivity index (χ4v) is 5.92. The molecule has 5 aromatic rings. The fraction of sp³-hybridized carbons (Fsp3) is 0.270. The number of aromatic nitrogens is 2. The van der Waals surface area contributed by atoms with E-state index in [0.29, 0.717) is 18.7 Å². The number of imidazole rings is 1. The lowest BCUT2D eigenvalue weighted by Crippen LogP contribution is -2.52. The van der Waals surface area contributed by atoms with E-state index in [-0.39, 0.29) is 24.8 Å². The Bertz CT molecular complexity index is 1830. The van der Waals surface area contributed by atoms with Crippen LogP contribution in [0.2, 0.25) is 0 Å². The van der Waals surface area contributed by atoms with Crippen LogP contribution in [-0.2, 0) is 30.5 Å². The molecule has 11 heteroatoms. The molecule has 7 N–H and O–H groups in total. The Hall–Kier alpha value is -4.84. The van der Waals surface area contributed by atoms with Crippen LogP contribution in [0.3, 0.4) is 0 Å². The van der Waals surface area contributed by atoms with Crippen molar-refractivity contribution in [3.05, 3.63) is 137 Å². The summed E-state index contributed by atoms with van der Waals surface area (Å²) in [5.41, 5.74) is 12.4. The maximum absolute atomic E-state index is 13.9. The number of halogens is 3. The molecule has 0 aliphatic carbocycles. The molecule has 0 spiro atoms. The fourth-order valence-electron chi connectivity index (χ4n) is 5.92. The lowest BCUT2D eigenvalue weighted by Gasteiger charge is -2.28. The predicted molar refractivity (Wildman–Crippen MR) is 179 cm³/mol. The molecular weight excluding hydrogens is 617 g/mol. The monoisotopic (exact) mass is 656 g/mol. The molecule has 0 saturated heterocycles. The summed E-state index contributed by atoms with van der Waals surface area (Å²) in [5, 5.41) is 8.25. The molecule has 1 amide bonds. The highest BCUT2D eigenvalue weighted by molar-refractivity contribution is 6.10. The Morgan fingerprint density at radius 2 is 1.60 bits per heavy atom. The minimum absolute atomic E-state index is 0.0526. The van der Waals surface area contributed by atoms with Crippen LogP contribution in [0.25, 0.3) is 10.8 Å². The van der Waals surface area contributed by atoms with Crippen molar-refractivity contribution in [1.82, 2.24) is 20.6 Å². The van der Waals surface area contributed by atoms with E-state index in [2.05, 4.69) is 20.6 Å². The van der Waals surface area contributed by atoms with E-state index in [0.717, 1.165) is 33.8 Å². The molecule has 0 aliphatic heterocycles. The number of alkyl halides is 3. The molecule has 0 aliphatic rings. The minimum atomic E-state index is -4.58. The van der Waals surface area contributed by atoms with Crippen molar-refractivity contribution < 1.29 is 22.8 Å². The first-order chi connectivity index (χ1) is 22.9. The number of hydrogen-bond donors (Lipinski definition) is 5. The minimum Gasteiger partial charge on any atom is -0.349 e. The standard InChI is InChI=1S/C37H39F3N6O2/c1-24(29-11-6-9-26-7-2-4-10-30(26)29)46-35(48)31(17-18-36(41,42)21-28-8-3-5-12-32(28)37(38,39)40)34(47)27-15-13-25(14-16-27)22-43-23-33-44-19-20-45-33/h2-16,19-20,24,31,43H,17-18,21-23,41-42H2,1H3,(H,44,45)(H,46,48)/t24-,31-/m0/s1. The Labute approximate surface area is 277 Å². The van der Waals surface area contributed by atoms with E-state index < -0.39 is 41.1 Å². The lowest BCUT2D eigenvalue weighted by atomic mass is 9.86. The number of nitrogens with zero attached hydrogens (tertiary/aromatic N) is 1. The Morgan fingerprint density at radius 1 is 0.896 bits per heavy atom. The van der Waals surface area contributed by atoms with Gasteiger partial charge in [-0.15, -0.1) is 0 Å². The SMILES string of the molecule is C[C@H](NC(=O)[C@@H](CCC(N)(N)Cc1ccccc1C(F)(F)F)C(=O)c1ccc(CNCc2ncc[nH]2)cc1)c1cccc2ccccc12. The van der Waals surface area contributed by atoms with Gasteiger partial charge >= 0.3 is 6.18 Å². The molecule has 1 heterocycles. The molecule has 0 radical (unpaired) electrons. The zero-order chi connectivity index (χ0) is 34.3. The molecule has 0 bridgehead atoms. The van der Waals surface area contributed by atoms with Crippen molar-refractivity contribution in [2.45, 2.75) is 57.2 Å². The van der Waals surface area contributed by atoms with Gasteiger partial charge in [0.05, 0.1) is 23.8 Å². The summed E-state index contributed by atoms with van der Waals surface area (Å²) in [6.07, 6.45) is -1.61. The zero-order valence-electron chi connectivity index (χ0n) is 26.6. The number of hydrogen-bond acceptors (Lipinski definition) is 6. The van der Waals surface area contributed by atoms with Crippen molar-refractivity contribution in [3.8, 4) is 0 Å². The summed E-state index contributed by atoms with van der Waals surface area (Å²) in [6, 6.07) is 25.2. The average molecular weight is 657 g/mol. The number of amides is 1. The van der Waals surface area contributed by atoms with Gasteiger partial charge in [-0.05, 0) is 53.3 Å². The smallest absolute Gasteiger partial charge is 0.349 e. The highest BCUT2D eigenvalue weighted by Crippen LogP contribution is 2.33. The van der Waals surface area contributed by atoms with Gasteiger partial charge in [-0.1, -0.05) is 84.9 Å². The van der Waals surface area contributed by atoms with Gasteiger partial charge in [-0.3, -0.25) is 9.59 Å². The molecule has 0 unspecified atom stereocenters. The van der Waals surface area contributed by atoms with Crippen LogP contribution in [0.5, 0.6) is 0 Å². The number of nitrogens with one attached hydrogen (secondary N) is 3. The first kappa shape index (κ1) is 34.5. The van der Waals surface area contributed by atoms with E-state index >= 15 is 0 Å². The van der Waals surface area contributed by atoms with Gasteiger partial charge in [0.1, 0.15) is 11.7 Å². The number of carbonyl (C=O) groups is 2. The molecule has 4 aromatic carbocycles. The number of rotatable bonds is 14. The number of benzene rings is 4. The molecule has 48 heavy (non-hydrogen) atoms. The molecule has 2 atom stereocenters. The number of ketones is 1.